The van der Waals surface area contributed by atoms with E-state index in [0.29, 0.717) is 12.3 Å². The molecule has 0 aliphatic carbocycles. The number of esters is 2. The molecule has 22 heavy (non-hydrogen) atoms. The lowest BCUT2D eigenvalue weighted by molar-refractivity contribution is 0.0543. The normalized spacial score (nSPS) is 10.3. The Morgan fingerprint density at radius 1 is 1.14 bits per heavy atom. The van der Waals surface area contributed by atoms with Crippen molar-refractivity contribution < 1.29 is 19.1 Å². The van der Waals surface area contributed by atoms with Crippen LogP contribution in [0.15, 0.2) is 35.2 Å². The van der Waals surface area contributed by atoms with Gasteiger partial charge in [0.05, 0.1) is 20.8 Å². The highest BCUT2D eigenvalue weighted by Gasteiger charge is 2.26. The molecule has 0 radical (unpaired) electrons. The Morgan fingerprint density at radius 2 is 1.82 bits per heavy atom. The average molecular weight is 321 g/mol. The number of thioether (sulfide) groups is 1. The summed E-state index contributed by atoms with van der Waals surface area (Å²) in [7, 11) is 2.45. The molecule has 8 heteroatoms. The fourth-order valence-corrected chi connectivity index (χ4v) is 2.62. The largest absolute Gasteiger partial charge is 0.464 e. The second-order valence-electron chi connectivity index (χ2n) is 4.15. The summed E-state index contributed by atoms with van der Waals surface area (Å²) in [5.41, 5.74) is -0.137. The zero-order chi connectivity index (χ0) is 15.9. The molecule has 0 spiro atoms. The molecule has 0 aliphatic rings. The number of hydrogen-bond acceptors (Lipinski definition) is 7. The van der Waals surface area contributed by atoms with Gasteiger partial charge >= 0.3 is 11.9 Å². The van der Waals surface area contributed by atoms with Crippen LogP contribution in [0.1, 0.15) is 21.0 Å². The fraction of sp³-hybridized carbons (Fsp3) is 0.286. The van der Waals surface area contributed by atoms with Gasteiger partial charge in [0, 0.05) is 10.6 Å². The molecule has 2 rings (SSSR count). The van der Waals surface area contributed by atoms with Gasteiger partial charge < -0.3 is 9.47 Å². The Morgan fingerprint density at radius 3 is 2.45 bits per heavy atom. The first-order chi connectivity index (χ1) is 10.7. The van der Waals surface area contributed by atoms with Gasteiger partial charge in [-0.25, -0.2) is 14.3 Å². The van der Waals surface area contributed by atoms with E-state index in [2.05, 4.69) is 19.8 Å². The minimum absolute atomic E-state index is 0.00279. The molecule has 0 amide bonds. The van der Waals surface area contributed by atoms with Crippen molar-refractivity contribution in [2.45, 2.75) is 11.4 Å². The van der Waals surface area contributed by atoms with E-state index in [-0.39, 0.29) is 11.4 Å². The molecule has 0 saturated carbocycles. The predicted molar refractivity (Wildman–Crippen MR) is 79.9 cm³/mol. The molecule has 116 valence electrons. The number of nitrogens with zero attached hydrogens (tertiary/aromatic N) is 3. The zero-order valence-electron chi connectivity index (χ0n) is 12.2. The lowest BCUT2D eigenvalue weighted by Gasteiger charge is -2.06. The minimum atomic E-state index is -0.720. The predicted octanol–water partition coefficient (Wildman–Crippen LogP) is 1.64. The third-order valence-electron chi connectivity index (χ3n) is 2.81. The molecule has 7 nitrogen and oxygen atoms in total. The maximum absolute atomic E-state index is 11.8. The van der Waals surface area contributed by atoms with Gasteiger partial charge in [-0.2, -0.15) is 0 Å². The smallest absolute Gasteiger partial charge is 0.361 e. The van der Waals surface area contributed by atoms with E-state index in [1.54, 1.807) is 11.8 Å². The van der Waals surface area contributed by atoms with Gasteiger partial charge in [0.25, 0.3) is 0 Å². The van der Waals surface area contributed by atoms with Crippen LogP contribution in [0.2, 0.25) is 0 Å². The maximum atomic E-state index is 11.8. The first-order valence-corrected chi connectivity index (χ1v) is 7.44. The number of ether oxygens (including phenoxy) is 2. The average Bonchev–Trinajstić information content (AvgIpc) is 2.98. The molecule has 0 unspecified atom stereocenters. The highest BCUT2D eigenvalue weighted by Crippen LogP contribution is 2.18. The number of methoxy groups -OCH3 is 2. The minimum Gasteiger partial charge on any atom is -0.464 e. The van der Waals surface area contributed by atoms with E-state index >= 15 is 0 Å². The van der Waals surface area contributed by atoms with Crippen molar-refractivity contribution >= 4 is 23.7 Å². The maximum Gasteiger partial charge on any atom is 0.361 e. The van der Waals surface area contributed by atoms with Crippen molar-refractivity contribution in [1.29, 1.82) is 0 Å². The van der Waals surface area contributed by atoms with Crippen LogP contribution in [0.25, 0.3) is 0 Å². The first-order valence-electron chi connectivity index (χ1n) is 6.45. The molecule has 0 saturated heterocycles. The summed E-state index contributed by atoms with van der Waals surface area (Å²) >= 11 is 1.61. The Hall–Kier alpha value is -2.35. The summed E-state index contributed by atoms with van der Waals surface area (Å²) < 4.78 is 10.6. The Bertz CT molecular complexity index is 657. The third kappa shape index (κ3) is 3.64. The number of aromatic nitrogens is 3. The van der Waals surface area contributed by atoms with E-state index in [4.69, 9.17) is 0 Å². The van der Waals surface area contributed by atoms with Gasteiger partial charge in [-0.1, -0.05) is 23.4 Å². The second-order valence-corrected chi connectivity index (χ2v) is 5.32. The van der Waals surface area contributed by atoms with E-state index in [9.17, 15) is 9.59 Å². The van der Waals surface area contributed by atoms with Crippen LogP contribution in [0, 0.1) is 0 Å². The molecule has 1 aromatic carbocycles. The molecule has 0 fully saturated rings. The van der Waals surface area contributed by atoms with Gasteiger partial charge in [-0.05, 0) is 12.1 Å². The number of hydrogen-bond donors (Lipinski definition) is 0. The topological polar surface area (TPSA) is 83.3 Å². The number of carbonyl (C=O) groups excluding carboxylic acids is 2. The quantitative estimate of drug-likeness (QED) is 0.591. The monoisotopic (exact) mass is 321 g/mol. The molecule has 0 aliphatic heterocycles. The Labute approximate surface area is 131 Å². The Kier molecular flexibility index (Phi) is 5.54. The summed E-state index contributed by atoms with van der Waals surface area (Å²) in [6.07, 6.45) is 0. The van der Waals surface area contributed by atoms with Gasteiger partial charge in [0.2, 0.25) is 5.69 Å². The number of rotatable bonds is 6. The molecule has 0 N–H and O–H groups in total. The van der Waals surface area contributed by atoms with E-state index in [0.717, 1.165) is 4.90 Å². The SMILES string of the molecule is COC(=O)c1nnn(CCSc2ccccc2)c1C(=O)OC. The van der Waals surface area contributed by atoms with Crippen LogP contribution in [-0.2, 0) is 16.0 Å². The summed E-state index contributed by atoms with van der Waals surface area (Å²) in [6.45, 7) is 0.411. The standard InChI is InChI=1S/C14H15N3O4S/c1-20-13(18)11-12(14(19)21-2)17(16-15-11)8-9-22-10-6-4-3-5-7-10/h3-7H,8-9H2,1-2H3. The summed E-state index contributed by atoms with van der Waals surface area (Å²) in [5, 5.41) is 7.55. The van der Waals surface area contributed by atoms with Crippen LogP contribution in [0.3, 0.4) is 0 Å². The zero-order valence-corrected chi connectivity index (χ0v) is 13.0. The van der Waals surface area contributed by atoms with Gasteiger partial charge in [0.15, 0.2) is 5.69 Å². The summed E-state index contributed by atoms with van der Waals surface area (Å²) in [5.74, 6) is -0.727. The van der Waals surface area contributed by atoms with Crippen LogP contribution in [0.5, 0.6) is 0 Å². The number of benzene rings is 1. The van der Waals surface area contributed by atoms with Crippen molar-refractivity contribution in [2.75, 3.05) is 20.0 Å². The Balaban J connectivity index is 2.11. The number of carbonyl (C=O) groups is 2. The van der Waals surface area contributed by atoms with Crippen LogP contribution in [0.4, 0.5) is 0 Å². The highest BCUT2D eigenvalue weighted by molar-refractivity contribution is 7.99. The highest BCUT2D eigenvalue weighted by atomic mass is 32.2. The van der Waals surface area contributed by atoms with Crippen molar-refractivity contribution in [1.82, 2.24) is 15.0 Å². The summed E-state index contributed by atoms with van der Waals surface area (Å²) in [4.78, 5) is 24.6. The second kappa shape index (κ2) is 7.60. The molecule has 0 atom stereocenters. The molecule has 1 heterocycles. The third-order valence-corrected chi connectivity index (χ3v) is 3.80. The lowest BCUT2D eigenvalue weighted by atomic mass is 10.3. The molecular weight excluding hydrogens is 306 g/mol. The van der Waals surface area contributed by atoms with Gasteiger partial charge in [0.1, 0.15) is 0 Å². The molecular formula is C14H15N3O4S. The van der Waals surface area contributed by atoms with Gasteiger partial charge in [-0.3, -0.25) is 0 Å². The van der Waals surface area contributed by atoms with Crippen molar-refractivity contribution in [3.8, 4) is 0 Å². The van der Waals surface area contributed by atoms with Crippen LogP contribution < -0.4 is 0 Å². The van der Waals surface area contributed by atoms with Gasteiger partial charge in [-0.15, -0.1) is 16.9 Å². The first kappa shape index (κ1) is 16.0. The van der Waals surface area contributed by atoms with Crippen LogP contribution in [-0.4, -0.2) is 46.9 Å². The fourth-order valence-electron chi connectivity index (χ4n) is 1.77. The lowest BCUT2D eigenvalue weighted by Crippen LogP contribution is -2.17. The van der Waals surface area contributed by atoms with Crippen molar-refractivity contribution in [3.05, 3.63) is 41.7 Å². The summed E-state index contributed by atoms with van der Waals surface area (Å²) in [6, 6.07) is 9.83. The molecule has 0 bridgehead atoms. The molecule has 1 aromatic heterocycles. The van der Waals surface area contributed by atoms with Crippen molar-refractivity contribution in [3.63, 3.8) is 0 Å². The van der Waals surface area contributed by atoms with E-state index < -0.39 is 11.9 Å². The van der Waals surface area contributed by atoms with E-state index in [1.807, 2.05) is 30.3 Å². The van der Waals surface area contributed by atoms with Crippen molar-refractivity contribution in [2.24, 2.45) is 0 Å². The van der Waals surface area contributed by atoms with Crippen LogP contribution >= 0.6 is 11.8 Å². The van der Waals surface area contributed by atoms with E-state index in [1.165, 1.54) is 18.9 Å². The number of aryl methyl sites for hydroxylation is 1. The molecule has 2 aromatic rings.